The molecule has 4 fully saturated rings. The van der Waals surface area contributed by atoms with E-state index in [9.17, 15) is 20.1 Å². The Kier molecular flexibility index (Phi) is 12.3. The van der Waals surface area contributed by atoms with Crippen LogP contribution in [-0.2, 0) is 33.2 Å². The highest BCUT2D eigenvalue weighted by atomic mass is 16.7. The summed E-state index contributed by atoms with van der Waals surface area (Å²) in [4.78, 5) is 16.0. The van der Waals surface area contributed by atoms with Gasteiger partial charge in [-0.25, -0.2) is 0 Å². The normalized spacial score (nSPS) is 48.0. The number of ether oxygens (including phenoxy) is 6. The first kappa shape index (κ1) is 37.9. The predicted octanol–water partition coefficient (Wildman–Crippen LogP) is 2.20. The first-order valence-corrected chi connectivity index (χ1v) is 17.4. The third-order valence-electron chi connectivity index (χ3n) is 10.9. The van der Waals surface area contributed by atoms with Crippen molar-refractivity contribution in [3.05, 3.63) is 0 Å². The van der Waals surface area contributed by atoms with Crippen molar-refractivity contribution in [1.82, 2.24) is 10.2 Å². The smallest absolute Gasteiger partial charge is 0.311 e. The van der Waals surface area contributed by atoms with E-state index in [0.717, 1.165) is 0 Å². The maximum Gasteiger partial charge on any atom is 0.311 e. The summed E-state index contributed by atoms with van der Waals surface area (Å²) in [7, 11) is 3.88. The molecule has 4 aliphatic heterocycles. The van der Waals surface area contributed by atoms with Crippen molar-refractivity contribution in [3.63, 3.8) is 0 Å². The van der Waals surface area contributed by atoms with Gasteiger partial charge >= 0.3 is 5.97 Å². The van der Waals surface area contributed by atoms with Crippen molar-refractivity contribution in [2.75, 3.05) is 33.9 Å². The Morgan fingerprint density at radius 3 is 2.33 bits per heavy atom. The molecule has 1 spiro atoms. The molecule has 4 N–H and O–H groups in total. The summed E-state index contributed by atoms with van der Waals surface area (Å²) in [6.07, 6.45) is -3.02. The molecule has 0 amide bonds. The molecule has 268 valence electrons. The number of carbonyl (C=O) groups is 1. The molecular weight excluding hydrogens is 596 g/mol. The first-order valence-electron chi connectivity index (χ1n) is 17.4. The predicted molar refractivity (Wildman–Crippen MR) is 171 cm³/mol. The van der Waals surface area contributed by atoms with Crippen molar-refractivity contribution >= 4 is 5.97 Å². The Morgan fingerprint density at radius 2 is 1.72 bits per heavy atom. The molecular formula is C34H62N2O10. The van der Waals surface area contributed by atoms with Crippen LogP contribution in [0, 0.1) is 17.8 Å². The lowest BCUT2D eigenvalue weighted by atomic mass is 9.78. The van der Waals surface area contributed by atoms with Gasteiger partial charge in [0.15, 0.2) is 12.1 Å². The summed E-state index contributed by atoms with van der Waals surface area (Å²) in [5.41, 5.74) is -2.63. The minimum Gasteiger partial charge on any atom is -0.459 e. The molecule has 0 saturated carbocycles. The standard InChI is InChI=1S/C34H62N2O10/c1-11-25-33(8,40)28(38)23(6)35-18-19(2)17-32(7)29(44-31-26(37)24(36(9)10)16-20(3)42-31)21(4)27(22(5)30(39)43-25)45-34(46-32)12-14-41-15-13-34/h19-29,31,35,37-38,40H,11-18H2,1-10H3/t19-,20-,21+,22-,23-,24+,25-,26-,27+,28-,29-,31?,32?,33-/m1/s1. The lowest BCUT2D eigenvalue weighted by Crippen LogP contribution is -2.59. The molecule has 2 unspecified atom stereocenters. The van der Waals surface area contributed by atoms with E-state index in [-0.39, 0.29) is 18.1 Å². The van der Waals surface area contributed by atoms with Gasteiger partial charge in [0.05, 0.1) is 43.0 Å². The van der Waals surface area contributed by atoms with E-state index < -0.39 is 77.6 Å². The van der Waals surface area contributed by atoms with E-state index in [0.29, 0.717) is 51.9 Å². The third kappa shape index (κ3) is 7.93. The average molecular weight is 659 g/mol. The SMILES string of the molecule is CC[C@H]1OC(=O)[C@H](C)[C@H]2OC3(CCOCC3)OC(C)(C[C@@H](C)CN[C@H](C)[C@@H](O)[C@]1(C)O)[C@H](OC1O[C@H](C)C[C@H](N(C)C)[C@H]1O)[C@H]2C. The number of fused-ring (bicyclic) bond motifs is 3. The lowest BCUT2D eigenvalue weighted by molar-refractivity contribution is -0.336. The molecule has 12 nitrogen and oxygen atoms in total. The van der Waals surface area contributed by atoms with Crippen LogP contribution in [0.2, 0.25) is 0 Å². The van der Waals surface area contributed by atoms with Crippen LogP contribution in [0.1, 0.15) is 87.5 Å². The fourth-order valence-corrected chi connectivity index (χ4v) is 8.23. The number of aliphatic hydroxyl groups excluding tert-OH is 2. The van der Waals surface area contributed by atoms with Crippen LogP contribution in [-0.4, -0.2) is 132 Å². The Hall–Kier alpha value is -0.930. The fraction of sp³-hybridized carbons (Fsp3) is 0.971. The molecule has 4 rings (SSSR count). The van der Waals surface area contributed by atoms with Gasteiger partial charge in [0.1, 0.15) is 23.9 Å². The van der Waals surface area contributed by atoms with E-state index in [1.165, 1.54) is 6.92 Å². The minimum atomic E-state index is -1.70. The van der Waals surface area contributed by atoms with Crippen LogP contribution in [0.3, 0.4) is 0 Å². The summed E-state index contributed by atoms with van der Waals surface area (Å²) in [6, 6.07) is -0.659. The zero-order chi connectivity index (χ0) is 34.2. The molecule has 0 aromatic rings. The number of hydrogen-bond acceptors (Lipinski definition) is 12. The highest BCUT2D eigenvalue weighted by molar-refractivity contribution is 5.73. The number of carbonyl (C=O) groups excluding carboxylic acids is 1. The molecule has 46 heavy (non-hydrogen) atoms. The van der Waals surface area contributed by atoms with E-state index in [2.05, 4.69) is 12.2 Å². The maximum atomic E-state index is 14.0. The van der Waals surface area contributed by atoms with Crippen molar-refractivity contribution in [2.24, 2.45) is 17.8 Å². The van der Waals surface area contributed by atoms with E-state index in [4.69, 9.17) is 28.4 Å². The topological polar surface area (TPSA) is 148 Å². The third-order valence-corrected chi connectivity index (χ3v) is 10.9. The number of nitrogens with zero attached hydrogens (tertiary/aromatic N) is 1. The number of hydrogen-bond donors (Lipinski definition) is 4. The fourth-order valence-electron chi connectivity index (χ4n) is 8.23. The van der Waals surface area contributed by atoms with Crippen LogP contribution in [0.5, 0.6) is 0 Å². The number of cyclic esters (lactones) is 1. The van der Waals surface area contributed by atoms with Crippen molar-refractivity contribution in [2.45, 2.75) is 159 Å². The molecule has 4 saturated heterocycles. The van der Waals surface area contributed by atoms with Gasteiger partial charge in [-0.05, 0) is 80.4 Å². The van der Waals surface area contributed by atoms with Gasteiger partial charge < -0.3 is 54.0 Å². The molecule has 0 radical (unpaired) electrons. The van der Waals surface area contributed by atoms with Crippen molar-refractivity contribution < 1.29 is 48.5 Å². The Bertz CT molecular complexity index is 1010. The highest BCUT2D eigenvalue weighted by Crippen LogP contribution is 2.47. The van der Waals surface area contributed by atoms with E-state index in [1.54, 1.807) is 6.92 Å². The average Bonchev–Trinajstić information content (AvgIpc) is 3.07. The largest absolute Gasteiger partial charge is 0.459 e. The molecule has 0 aromatic carbocycles. The van der Waals surface area contributed by atoms with Gasteiger partial charge in [-0.2, -0.15) is 0 Å². The summed E-state index contributed by atoms with van der Waals surface area (Å²) in [5, 5.41) is 37.7. The van der Waals surface area contributed by atoms with Crippen LogP contribution < -0.4 is 5.32 Å². The van der Waals surface area contributed by atoms with Crippen LogP contribution in [0.25, 0.3) is 0 Å². The van der Waals surface area contributed by atoms with Crippen LogP contribution >= 0.6 is 0 Å². The van der Waals surface area contributed by atoms with Gasteiger partial charge in [0.2, 0.25) is 0 Å². The van der Waals surface area contributed by atoms with Gasteiger partial charge in [0, 0.05) is 30.8 Å². The van der Waals surface area contributed by atoms with Gasteiger partial charge in [-0.3, -0.25) is 4.79 Å². The van der Waals surface area contributed by atoms with E-state index in [1.807, 2.05) is 53.6 Å². The van der Waals surface area contributed by atoms with Gasteiger partial charge in [-0.15, -0.1) is 0 Å². The van der Waals surface area contributed by atoms with Crippen molar-refractivity contribution in [1.29, 1.82) is 0 Å². The number of rotatable bonds is 4. The molecule has 4 heterocycles. The van der Waals surface area contributed by atoms with E-state index >= 15 is 0 Å². The molecule has 4 aliphatic rings. The molecule has 0 aromatic heterocycles. The number of likely N-dealkylation sites (N-methyl/N-ethyl adjacent to an activating group) is 1. The highest BCUT2D eigenvalue weighted by Gasteiger charge is 2.58. The monoisotopic (exact) mass is 658 g/mol. The second kappa shape index (κ2) is 14.9. The Labute approximate surface area is 275 Å². The summed E-state index contributed by atoms with van der Waals surface area (Å²) in [6.45, 7) is 16.5. The van der Waals surface area contributed by atoms with Crippen LogP contribution in [0.15, 0.2) is 0 Å². The number of esters is 1. The summed E-state index contributed by atoms with van der Waals surface area (Å²) >= 11 is 0. The Balaban J connectivity index is 1.81. The summed E-state index contributed by atoms with van der Waals surface area (Å²) in [5.74, 6) is -2.73. The quantitative estimate of drug-likeness (QED) is 0.328. The van der Waals surface area contributed by atoms with Gasteiger partial charge in [-0.1, -0.05) is 20.8 Å². The first-order chi connectivity index (χ1) is 21.4. The number of aliphatic hydroxyl groups is 3. The summed E-state index contributed by atoms with van der Waals surface area (Å²) < 4.78 is 39.0. The molecule has 12 heteroatoms. The molecule has 0 aliphatic carbocycles. The lowest BCUT2D eigenvalue weighted by Gasteiger charge is -2.48. The zero-order valence-corrected chi connectivity index (χ0v) is 29.7. The van der Waals surface area contributed by atoms with Crippen molar-refractivity contribution in [3.8, 4) is 0 Å². The van der Waals surface area contributed by atoms with Crippen LogP contribution in [0.4, 0.5) is 0 Å². The molecule has 2 bridgehead atoms. The maximum absolute atomic E-state index is 14.0. The Morgan fingerprint density at radius 1 is 1.07 bits per heavy atom. The second-order valence-corrected chi connectivity index (χ2v) is 15.3. The molecule has 14 atom stereocenters. The van der Waals surface area contributed by atoms with Gasteiger partial charge in [0.25, 0.3) is 0 Å². The number of nitrogens with one attached hydrogen (secondary N) is 1. The second-order valence-electron chi connectivity index (χ2n) is 15.3. The minimum absolute atomic E-state index is 0.0318. The zero-order valence-electron chi connectivity index (χ0n) is 29.7.